The van der Waals surface area contributed by atoms with Gasteiger partial charge >= 0.3 is 0 Å². The number of hydrogen-bond acceptors (Lipinski definition) is 1. The number of likely N-dealkylation sites (N-methyl/N-ethyl adjacent to an activating group) is 1. The molecule has 1 nitrogen and oxygen atoms in total. The molecule has 0 amide bonds. The van der Waals surface area contributed by atoms with E-state index >= 15 is 0 Å². The second kappa shape index (κ2) is 6.28. The van der Waals surface area contributed by atoms with Crippen LogP contribution < -0.4 is 0 Å². The molecular formula is C14H23N. The van der Waals surface area contributed by atoms with Crippen LogP contribution in [-0.4, -0.2) is 11.9 Å². The van der Waals surface area contributed by atoms with Crippen LogP contribution in [0.15, 0.2) is 47.9 Å². The Balaban J connectivity index is 5.04. The molecule has 0 saturated carbocycles. The maximum Gasteiger partial charge on any atom is 0.0362 e. The molecule has 15 heavy (non-hydrogen) atoms. The Labute approximate surface area is 94.5 Å². The topological polar surface area (TPSA) is 3.24 Å². The molecule has 0 radical (unpaired) electrons. The molecule has 0 spiro atoms. The predicted octanol–water partition coefficient (Wildman–Crippen LogP) is 4.27. The fraction of sp³-hybridized carbons (Fsp3) is 0.429. The SMILES string of the molecule is C=C(C)C(CC)=C(C)C(=C)N(C)C=CC. The van der Waals surface area contributed by atoms with E-state index in [2.05, 4.69) is 27.0 Å². The maximum absolute atomic E-state index is 4.10. The summed E-state index contributed by atoms with van der Waals surface area (Å²) in [5, 5.41) is 0. The highest BCUT2D eigenvalue weighted by Crippen LogP contribution is 2.23. The van der Waals surface area contributed by atoms with Gasteiger partial charge in [-0.05, 0) is 44.5 Å². The molecule has 0 heterocycles. The third kappa shape index (κ3) is 3.78. The predicted molar refractivity (Wildman–Crippen MR) is 69.5 cm³/mol. The van der Waals surface area contributed by atoms with Gasteiger partial charge in [-0.25, -0.2) is 0 Å². The second-order valence-electron chi connectivity index (χ2n) is 3.78. The molecule has 0 aromatic heterocycles. The van der Waals surface area contributed by atoms with E-state index in [-0.39, 0.29) is 0 Å². The molecule has 0 aliphatic rings. The lowest BCUT2D eigenvalue weighted by Gasteiger charge is -2.20. The molecule has 0 aliphatic heterocycles. The van der Waals surface area contributed by atoms with E-state index in [0.29, 0.717) is 0 Å². The summed E-state index contributed by atoms with van der Waals surface area (Å²) in [6.07, 6.45) is 5.02. The summed E-state index contributed by atoms with van der Waals surface area (Å²) < 4.78 is 0. The molecule has 84 valence electrons. The zero-order chi connectivity index (χ0) is 12.0. The first kappa shape index (κ1) is 13.8. The van der Waals surface area contributed by atoms with Gasteiger partial charge in [0.15, 0.2) is 0 Å². The van der Waals surface area contributed by atoms with Gasteiger partial charge in [0, 0.05) is 12.7 Å². The lowest BCUT2D eigenvalue weighted by atomic mass is 9.99. The van der Waals surface area contributed by atoms with Crippen LogP contribution in [0.3, 0.4) is 0 Å². The molecule has 0 rings (SSSR count). The Morgan fingerprint density at radius 3 is 2.13 bits per heavy atom. The molecule has 0 aromatic carbocycles. The van der Waals surface area contributed by atoms with Crippen LogP contribution >= 0.6 is 0 Å². The van der Waals surface area contributed by atoms with E-state index in [9.17, 15) is 0 Å². The van der Waals surface area contributed by atoms with Gasteiger partial charge in [0.2, 0.25) is 0 Å². The molecule has 1 heteroatoms. The average molecular weight is 205 g/mol. The molecule has 0 bridgehead atoms. The Hall–Kier alpha value is -1.24. The molecule has 0 unspecified atom stereocenters. The van der Waals surface area contributed by atoms with Crippen molar-refractivity contribution < 1.29 is 0 Å². The quantitative estimate of drug-likeness (QED) is 0.606. The first-order chi connectivity index (χ1) is 6.95. The summed E-state index contributed by atoms with van der Waals surface area (Å²) in [5.74, 6) is 0. The Morgan fingerprint density at radius 1 is 1.27 bits per heavy atom. The maximum atomic E-state index is 4.10. The van der Waals surface area contributed by atoms with Crippen LogP contribution in [0.5, 0.6) is 0 Å². The highest BCUT2D eigenvalue weighted by atomic mass is 15.1. The highest BCUT2D eigenvalue weighted by Gasteiger charge is 2.07. The van der Waals surface area contributed by atoms with E-state index in [1.165, 1.54) is 11.1 Å². The summed E-state index contributed by atoms with van der Waals surface area (Å²) in [4.78, 5) is 2.04. The minimum atomic E-state index is 1.00. The van der Waals surface area contributed by atoms with E-state index in [1.807, 2.05) is 38.1 Å². The number of allylic oxidation sites excluding steroid dienone is 4. The first-order valence-corrected chi connectivity index (χ1v) is 5.36. The third-order valence-electron chi connectivity index (χ3n) is 2.55. The minimum absolute atomic E-state index is 1.00. The normalized spacial score (nSPS) is 12.6. The summed E-state index contributed by atoms with van der Waals surface area (Å²) in [6, 6.07) is 0. The van der Waals surface area contributed by atoms with E-state index in [4.69, 9.17) is 0 Å². The van der Waals surface area contributed by atoms with Crippen molar-refractivity contribution in [2.24, 2.45) is 0 Å². The van der Waals surface area contributed by atoms with Crippen molar-refractivity contribution in [2.75, 3.05) is 7.05 Å². The van der Waals surface area contributed by atoms with Gasteiger partial charge in [0.1, 0.15) is 0 Å². The Kier molecular flexibility index (Phi) is 5.76. The van der Waals surface area contributed by atoms with Gasteiger partial charge in [-0.1, -0.05) is 31.7 Å². The zero-order valence-corrected chi connectivity index (χ0v) is 10.7. The standard InChI is InChI=1S/C14H23N/c1-8-10-15(7)13(6)12(5)14(9-2)11(3)4/h8,10H,3,6,9H2,1-2,4-5,7H3. The van der Waals surface area contributed by atoms with Crippen LogP contribution in [-0.2, 0) is 0 Å². The minimum Gasteiger partial charge on any atom is -0.352 e. The van der Waals surface area contributed by atoms with Crippen molar-refractivity contribution in [3.63, 3.8) is 0 Å². The van der Waals surface area contributed by atoms with Crippen LogP contribution in [0.1, 0.15) is 34.1 Å². The fourth-order valence-corrected chi connectivity index (χ4v) is 1.64. The van der Waals surface area contributed by atoms with Gasteiger partial charge in [0.05, 0.1) is 0 Å². The summed E-state index contributed by atoms with van der Waals surface area (Å²) in [7, 11) is 2.01. The fourth-order valence-electron chi connectivity index (χ4n) is 1.64. The first-order valence-electron chi connectivity index (χ1n) is 5.36. The van der Waals surface area contributed by atoms with Crippen LogP contribution in [0.2, 0.25) is 0 Å². The van der Waals surface area contributed by atoms with Crippen LogP contribution in [0.25, 0.3) is 0 Å². The molecule has 0 atom stereocenters. The van der Waals surface area contributed by atoms with Gasteiger partial charge in [-0.15, -0.1) is 0 Å². The summed E-state index contributed by atoms with van der Waals surface area (Å²) in [6.45, 7) is 16.4. The highest BCUT2D eigenvalue weighted by molar-refractivity contribution is 5.40. The summed E-state index contributed by atoms with van der Waals surface area (Å²) in [5.41, 5.74) is 4.69. The largest absolute Gasteiger partial charge is 0.352 e. The smallest absolute Gasteiger partial charge is 0.0362 e. The molecule has 0 saturated heterocycles. The van der Waals surface area contributed by atoms with Gasteiger partial charge in [-0.3, -0.25) is 0 Å². The lowest BCUT2D eigenvalue weighted by Crippen LogP contribution is -2.11. The van der Waals surface area contributed by atoms with E-state index < -0.39 is 0 Å². The Morgan fingerprint density at radius 2 is 1.80 bits per heavy atom. The number of rotatable bonds is 5. The van der Waals surface area contributed by atoms with Crippen molar-refractivity contribution in [1.29, 1.82) is 0 Å². The van der Waals surface area contributed by atoms with Crippen LogP contribution in [0.4, 0.5) is 0 Å². The van der Waals surface area contributed by atoms with Crippen molar-refractivity contribution in [2.45, 2.75) is 34.1 Å². The molecule has 0 aromatic rings. The van der Waals surface area contributed by atoms with Crippen molar-refractivity contribution in [1.82, 2.24) is 4.90 Å². The summed E-state index contributed by atoms with van der Waals surface area (Å²) >= 11 is 0. The van der Waals surface area contributed by atoms with E-state index in [1.54, 1.807) is 0 Å². The molecule has 0 fully saturated rings. The number of nitrogens with zero attached hydrogens (tertiary/aromatic N) is 1. The monoisotopic (exact) mass is 205 g/mol. The molecule has 0 N–H and O–H groups in total. The second-order valence-corrected chi connectivity index (χ2v) is 3.78. The Bertz CT molecular complexity index is 305. The number of hydrogen-bond donors (Lipinski definition) is 0. The van der Waals surface area contributed by atoms with Gasteiger partial charge in [0.25, 0.3) is 0 Å². The van der Waals surface area contributed by atoms with Crippen LogP contribution in [0, 0.1) is 0 Å². The van der Waals surface area contributed by atoms with Crippen molar-refractivity contribution >= 4 is 0 Å². The van der Waals surface area contributed by atoms with Crippen molar-refractivity contribution in [3.05, 3.63) is 47.9 Å². The zero-order valence-electron chi connectivity index (χ0n) is 10.7. The van der Waals surface area contributed by atoms with Gasteiger partial charge < -0.3 is 4.90 Å². The third-order valence-corrected chi connectivity index (χ3v) is 2.55. The average Bonchev–Trinajstić information content (AvgIpc) is 2.17. The van der Waals surface area contributed by atoms with E-state index in [0.717, 1.165) is 17.7 Å². The van der Waals surface area contributed by atoms with Gasteiger partial charge in [-0.2, -0.15) is 0 Å². The van der Waals surface area contributed by atoms with Crippen molar-refractivity contribution in [3.8, 4) is 0 Å². The molecular weight excluding hydrogens is 182 g/mol. The molecule has 0 aliphatic carbocycles. The lowest BCUT2D eigenvalue weighted by molar-refractivity contribution is 0.578.